The molecule has 0 bridgehead atoms. The summed E-state index contributed by atoms with van der Waals surface area (Å²) in [4.78, 5) is 23.9. The number of fused-ring (bicyclic) bond motifs is 1. The molecule has 1 atom stereocenters. The third-order valence-electron chi connectivity index (χ3n) is 3.63. The highest BCUT2D eigenvalue weighted by Gasteiger charge is 2.28. The highest BCUT2D eigenvalue weighted by Crippen LogP contribution is 2.35. The lowest BCUT2D eigenvalue weighted by Crippen LogP contribution is -2.24. The number of ketones is 1. The van der Waals surface area contributed by atoms with Gasteiger partial charge in [-0.25, -0.2) is 4.79 Å². The van der Waals surface area contributed by atoms with Crippen molar-refractivity contribution >= 4 is 33.8 Å². The second-order valence-corrected chi connectivity index (χ2v) is 6.35. The second kappa shape index (κ2) is 7.11. The Morgan fingerprint density at radius 1 is 1.24 bits per heavy atom. The Morgan fingerprint density at radius 2 is 2.04 bits per heavy atom. The summed E-state index contributed by atoms with van der Waals surface area (Å²) in [7, 11) is 1.30. The number of Topliss-reactive ketones (excluding diaryl/α,β-unsaturated/α-hetero) is 1. The Hall–Kier alpha value is -2.60. The minimum Gasteiger partial charge on any atom is -0.479 e. The number of halogens is 1. The van der Waals surface area contributed by atoms with Crippen LogP contribution in [0.15, 0.2) is 52.7 Å². The molecule has 0 fully saturated rings. The van der Waals surface area contributed by atoms with Crippen LogP contribution in [0.5, 0.6) is 11.5 Å². The predicted molar refractivity (Wildman–Crippen MR) is 95.6 cm³/mol. The normalized spacial score (nSPS) is 15.5. The maximum absolute atomic E-state index is 12.5. The fourth-order valence-electron chi connectivity index (χ4n) is 2.41. The number of benzene rings is 2. The summed E-state index contributed by atoms with van der Waals surface area (Å²) in [6.45, 7) is 1.59. The smallest absolute Gasteiger partial charge is 0.346 e. The molecule has 2 aromatic rings. The van der Waals surface area contributed by atoms with Crippen molar-refractivity contribution in [3.05, 3.63) is 63.8 Å². The van der Waals surface area contributed by atoms with Crippen LogP contribution in [0.2, 0.25) is 0 Å². The Morgan fingerprint density at radius 3 is 2.76 bits per heavy atom. The van der Waals surface area contributed by atoms with E-state index in [4.69, 9.17) is 9.47 Å². The molecule has 0 amide bonds. The molecule has 0 aliphatic carbocycles. The first-order valence-electron chi connectivity index (χ1n) is 7.56. The van der Waals surface area contributed by atoms with Crippen LogP contribution in [0.3, 0.4) is 0 Å². The van der Waals surface area contributed by atoms with Gasteiger partial charge in [-0.1, -0.05) is 28.1 Å². The monoisotopic (exact) mass is 402 g/mol. The summed E-state index contributed by atoms with van der Waals surface area (Å²) in [6.07, 6.45) is 0.932. The highest BCUT2D eigenvalue weighted by molar-refractivity contribution is 9.10. The molecule has 1 aliphatic rings. The molecular weight excluding hydrogens is 388 g/mol. The Bertz CT molecular complexity index is 872. The van der Waals surface area contributed by atoms with Crippen LogP contribution in [-0.4, -0.2) is 25.0 Å². The van der Waals surface area contributed by atoms with Gasteiger partial charge in [0.05, 0.1) is 12.7 Å². The topological polar surface area (TPSA) is 61.8 Å². The third kappa shape index (κ3) is 3.74. The van der Waals surface area contributed by atoms with Gasteiger partial charge in [0, 0.05) is 10.5 Å². The molecule has 1 heterocycles. The Labute approximate surface area is 153 Å². The Kier molecular flexibility index (Phi) is 4.90. The van der Waals surface area contributed by atoms with Crippen molar-refractivity contribution in [1.82, 2.24) is 0 Å². The number of esters is 1. The van der Waals surface area contributed by atoms with E-state index < -0.39 is 12.1 Å². The summed E-state index contributed by atoms with van der Waals surface area (Å²) in [5.41, 5.74) is 1.31. The van der Waals surface area contributed by atoms with E-state index in [0.717, 1.165) is 10.0 Å². The van der Waals surface area contributed by atoms with Gasteiger partial charge >= 0.3 is 5.97 Å². The zero-order valence-electron chi connectivity index (χ0n) is 13.6. The van der Waals surface area contributed by atoms with Crippen LogP contribution in [0.4, 0.5) is 0 Å². The van der Waals surface area contributed by atoms with E-state index >= 15 is 0 Å². The van der Waals surface area contributed by atoms with Crippen molar-refractivity contribution in [2.45, 2.75) is 13.0 Å². The minimum absolute atomic E-state index is 0.192. The molecule has 0 radical (unpaired) electrons. The number of carbonyl (C=O) groups excluding carboxylic acids is 2. The van der Waals surface area contributed by atoms with Gasteiger partial charge in [0.15, 0.2) is 11.9 Å². The van der Waals surface area contributed by atoms with Gasteiger partial charge in [-0.2, -0.15) is 0 Å². The first kappa shape index (κ1) is 17.2. The lowest BCUT2D eigenvalue weighted by atomic mass is 10.1. The average molecular weight is 403 g/mol. The number of carbonyl (C=O) groups is 2. The predicted octanol–water partition coefficient (Wildman–Crippen LogP) is 4.01. The lowest BCUT2D eigenvalue weighted by Gasteiger charge is -2.12. The number of methoxy groups -OCH3 is 1. The van der Waals surface area contributed by atoms with Crippen molar-refractivity contribution in [3.8, 4) is 11.5 Å². The number of hydrogen-bond acceptors (Lipinski definition) is 5. The zero-order valence-corrected chi connectivity index (χ0v) is 15.2. The van der Waals surface area contributed by atoms with E-state index in [9.17, 15) is 9.59 Å². The van der Waals surface area contributed by atoms with Crippen molar-refractivity contribution in [3.63, 3.8) is 0 Å². The summed E-state index contributed by atoms with van der Waals surface area (Å²) >= 11 is 3.40. The van der Waals surface area contributed by atoms with E-state index in [1.54, 1.807) is 31.2 Å². The van der Waals surface area contributed by atoms with Crippen LogP contribution >= 0.6 is 15.9 Å². The molecule has 1 aliphatic heterocycles. The van der Waals surface area contributed by atoms with Gasteiger partial charge in [0.2, 0.25) is 5.78 Å². The van der Waals surface area contributed by atoms with Gasteiger partial charge in [-0.05, 0) is 42.8 Å². The second-order valence-electron chi connectivity index (χ2n) is 5.44. The van der Waals surface area contributed by atoms with Crippen molar-refractivity contribution in [2.75, 3.05) is 7.11 Å². The van der Waals surface area contributed by atoms with E-state index in [1.165, 1.54) is 7.11 Å². The van der Waals surface area contributed by atoms with Gasteiger partial charge in [0.25, 0.3) is 0 Å². The molecule has 0 spiro atoms. The molecule has 2 aromatic carbocycles. The van der Waals surface area contributed by atoms with Gasteiger partial charge < -0.3 is 14.2 Å². The van der Waals surface area contributed by atoms with Crippen LogP contribution in [0, 0.1) is 0 Å². The quantitative estimate of drug-likeness (QED) is 0.571. The summed E-state index contributed by atoms with van der Waals surface area (Å²) in [6, 6.07) is 12.4. The molecule has 0 saturated carbocycles. The van der Waals surface area contributed by atoms with Gasteiger partial charge in [-0.15, -0.1) is 0 Å². The number of ether oxygens (including phenoxy) is 3. The molecule has 3 rings (SSSR count). The van der Waals surface area contributed by atoms with Crippen molar-refractivity contribution in [1.29, 1.82) is 0 Å². The maximum atomic E-state index is 12.5. The fourth-order valence-corrected chi connectivity index (χ4v) is 2.82. The van der Waals surface area contributed by atoms with Gasteiger partial charge in [0.1, 0.15) is 11.5 Å². The first-order chi connectivity index (χ1) is 12.0. The SMILES string of the molecule is COC(=O)[C@H](C)Oc1ccc2c(c1)O/C(=C/c1cccc(Br)c1)C2=O. The number of rotatable bonds is 4. The minimum atomic E-state index is -0.753. The van der Waals surface area contributed by atoms with E-state index in [0.29, 0.717) is 17.1 Å². The van der Waals surface area contributed by atoms with Gasteiger partial charge in [-0.3, -0.25) is 4.79 Å². The molecular formula is C19H15BrO5. The van der Waals surface area contributed by atoms with Crippen LogP contribution in [-0.2, 0) is 9.53 Å². The average Bonchev–Trinajstić information content (AvgIpc) is 2.89. The summed E-state index contributed by atoms with van der Waals surface area (Å²) in [5.74, 6) is 0.399. The zero-order chi connectivity index (χ0) is 18.0. The number of allylic oxidation sites excluding steroid dienone is 1. The molecule has 5 nitrogen and oxygen atoms in total. The lowest BCUT2D eigenvalue weighted by molar-refractivity contribution is -0.147. The molecule has 0 aromatic heterocycles. The molecule has 128 valence electrons. The molecule has 0 saturated heterocycles. The van der Waals surface area contributed by atoms with Crippen molar-refractivity contribution < 1.29 is 23.8 Å². The third-order valence-corrected chi connectivity index (χ3v) is 4.13. The molecule has 25 heavy (non-hydrogen) atoms. The fraction of sp³-hybridized carbons (Fsp3) is 0.158. The largest absolute Gasteiger partial charge is 0.479 e. The summed E-state index contributed by atoms with van der Waals surface area (Å²) in [5, 5.41) is 0. The molecule has 6 heteroatoms. The van der Waals surface area contributed by atoms with Crippen molar-refractivity contribution in [2.24, 2.45) is 0 Å². The maximum Gasteiger partial charge on any atom is 0.346 e. The highest BCUT2D eigenvalue weighted by atomic mass is 79.9. The van der Waals surface area contributed by atoms with E-state index in [2.05, 4.69) is 20.7 Å². The standard InChI is InChI=1S/C19H15BrO5/c1-11(19(22)23-2)24-14-6-7-15-16(10-14)25-17(18(15)21)9-12-4-3-5-13(20)8-12/h3-11H,1-2H3/b17-9+/t11-/m0/s1. The van der Waals surface area contributed by atoms with Crippen LogP contribution in [0.1, 0.15) is 22.8 Å². The molecule has 0 N–H and O–H groups in total. The Balaban J connectivity index is 1.83. The van der Waals surface area contributed by atoms with Crippen LogP contribution < -0.4 is 9.47 Å². The first-order valence-corrected chi connectivity index (χ1v) is 8.35. The van der Waals surface area contributed by atoms with Crippen LogP contribution in [0.25, 0.3) is 6.08 Å². The van der Waals surface area contributed by atoms with E-state index in [-0.39, 0.29) is 11.5 Å². The number of hydrogen-bond donors (Lipinski definition) is 0. The summed E-state index contributed by atoms with van der Waals surface area (Å²) < 4.78 is 16.7. The van der Waals surface area contributed by atoms with E-state index in [1.807, 2.05) is 24.3 Å². The molecule has 0 unspecified atom stereocenters.